The minimum Gasteiger partial charge on any atom is -0.481 e. The summed E-state index contributed by atoms with van der Waals surface area (Å²) in [6, 6.07) is 0. The first-order valence-electron chi connectivity index (χ1n) is 7.55. The molecule has 0 saturated heterocycles. The van der Waals surface area contributed by atoms with Gasteiger partial charge in [0.2, 0.25) is 0 Å². The van der Waals surface area contributed by atoms with Crippen molar-refractivity contribution in [3.8, 4) is 0 Å². The van der Waals surface area contributed by atoms with E-state index in [2.05, 4.69) is 6.92 Å². The Bertz CT molecular complexity index is 356. The van der Waals surface area contributed by atoms with Gasteiger partial charge < -0.3 is 5.11 Å². The maximum absolute atomic E-state index is 11.9. The first kappa shape index (κ1) is 20.3. The van der Waals surface area contributed by atoms with Gasteiger partial charge in [0.1, 0.15) is 5.41 Å². The summed E-state index contributed by atoms with van der Waals surface area (Å²) in [5, 5.41) is 26.5. The third kappa shape index (κ3) is 6.40. The van der Waals surface area contributed by atoms with Crippen molar-refractivity contribution in [1.29, 1.82) is 0 Å². The molecule has 0 aliphatic carbocycles. The number of nitrogens with one attached hydrogen (secondary N) is 2. The van der Waals surface area contributed by atoms with Crippen LogP contribution in [0.2, 0.25) is 0 Å². The van der Waals surface area contributed by atoms with Gasteiger partial charge in [-0.1, -0.05) is 45.4 Å². The summed E-state index contributed by atoms with van der Waals surface area (Å²) in [5.41, 5.74) is 1.02. The van der Waals surface area contributed by atoms with E-state index in [-0.39, 0.29) is 12.8 Å². The Kier molecular flexibility index (Phi) is 10.1. The molecule has 0 unspecified atom stereocenters. The highest BCUT2D eigenvalue weighted by molar-refractivity contribution is 6.04. The smallest absolute Gasteiger partial charge is 0.303 e. The first-order valence-corrected chi connectivity index (χ1v) is 7.55. The molecule has 8 nitrogen and oxygen atoms in total. The van der Waals surface area contributed by atoms with Gasteiger partial charge in [0.25, 0.3) is 11.8 Å². The highest BCUT2D eigenvalue weighted by Gasteiger charge is 2.45. The third-order valence-corrected chi connectivity index (χ3v) is 3.80. The Morgan fingerprint density at radius 3 is 1.82 bits per heavy atom. The van der Waals surface area contributed by atoms with Crippen LogP contribution in [0, 0.1) is 5.41 Å². The van der Waals surface area contributed by atoms with E-state index in [1.807, 2.05) is 0 Å². The van der Waals surface area contributed by atoms with Crippen LogP contribution in [0.1, 0.15) is 64.7 Å². The number of aliphatic carboxylic acids is 1. The second-order valence-corrected chi connectivity index (χ2v) is 5.38. The van der Waals surface area contributed by atoms with Gasteiger partial charge in [-0.3, -0.25) is 24.8 Å². The molecule has 2 amide bonds. The van der Waals surface area contributed by atoms with E-state index < -0.39 is 29.6 Å². The lowest BCUT2D eigenvalue weighted by molar-refractivity contribution is -0.156. The number of rotatable bonds is 12. The third-order valence-electron chi connectivity index (χ3n) is 3.80. The molecule has 0 aromatic carbocycles. The fourth-order valence-corrected chi connectivity index (χ4v) is 2.42. The Morgan fingerprint density at radius 2 is 1.36 bits per heavy atom. The van der Waals surface area contributed by atoms with Crippen molar-refractivity contribution < 1.29 is 29.9 Å². The van der Waals surface area contributed by atoms with Crippen molar-refractivity contribution in [2.45, 2.75) is 64.7 Å². The number of hydrogen-bond donors (Lipinski definition) is 5. The van der Waals surface area contributed by atoms with Gasteiger partial charge in [-0.2, -0.15) is 0 Å². The molecule has 128 valence electrons. The lowest BCUT2D eigenvalue weighted by Crippen LogP contribution is -2.50. The van der Waals surface area contributed by atoms with Crippen molar-refractivity contribution >= 4 is 17.8 Å². The number of carboxylic acids is 1. The van der Waals surface area contributed by atoms with Crippen LogP contribution in [0.4, 0.5) is 0 Å². The molecule has 5 N–H and O–H groups in total. The van der Waals surface area contributed by atoms with Gasteiger partial charge in [0, 0.05) is 6.42 Å². The summed E-state index contributed by atoms with van der Waals surface area (Å²) in [7, 11) is 0. The van der Waals surface area contributed by atoms with Crippen LogP contribution < -0.4 is 11.0 Å². The largest absolute Gasteiger partial charge is 0.481 e. The van der Waals surface area contributed by atoms with Crippen LogP contribution >= 0.6 is 0 Å². The lowest BCUT2D eigenvalue weighted by Gasteiger charge is -2.28. The summed E-state index contributed by atoms with van der Waals surface area (Å²) in [6.07, 6.45) is 4.86. The second kappa shape index (κ2) is 11.0. The molecule has 0 bridgehead atoms. The van der Waals surface area contributed by atoms with E-state index in [9.17, 15) is 14.4 Å². The van der Waals surface area contributed by atoms with E-state index in [4.69, 9.17) is 15.5 Å². The van der Waals surface area contributed by atoms with Crippen molar-refractivity contribution in [1.82, 2.24) is 11.0 Å². The SMILES string of the molecule is CCCCCCCCC(CCC(=O)O)(C(=O)NO)C(=O)NO. The van der Waals surface area contributed by atoms with Crippen LogP contribution in [0.3, 0.4) is 0 Å². The molecule has 0 heterocycles. The Balaban J connectivity index is 4.83. The molecule has 0 fully saturated rings. The van der Waals surface area contributed by atoms with Crippen LogP contribution in [-0.2, 0) is 14.4 Å². The van der Waals surface area contributed by atoms with Crippen molar-refractivity contribution in [3.05, 3.63) is 0 Å². The van der Waals surface area contributed by atoms with Gasteiger partial charge >= 0.3 is 5.97 Å². The van der Waals surface area contributed by atoms with E-state index in [1.54, 1.807) is 0 Å². The maximum Gasteiger partial charge on any atom is 0.303 e. The molecule has 8 heteroatoms. The summed E-state index contributed by atoms with van der Waals surface area (Å²) in [4.78, 5) is 34.5. The van der Waals surface area contributed by atoms with E-state index in [0.717, 1.165) is 32.1 Å². The molecule has 0 aromatic heterocycles. The van der Waals surface area contributed by atoms with Crippen LogP contribution in [0.15, 0.2) is 0 Å². The van der Waals surface area contributed by atoms with Gasteiger partial charge in [0.05, 0.1) is 0 Å². The van der Waals surface area contributed by atoms with Crippen molar-refractivity contribution in [2.75, 3.05) is 0 Å². The molecular formula is C14H26N2O6. The van der Waals surface area contributed by atoms with Crippen LogP contribution in [0.5, 0.6) is 0 Å². The highest BCUT2D eigenvalue weighted by atomic mass is 16.5. The Hall–Kier alpha value is -1.67. The van der Waals surface area contributed by atoms with E-state index >= 15 is 0 Å². The van der Waals surface area contributed by atoms with Gasteiger partial charge in [-0.15, -0.1) is 0 Å². The summed E-state index contributed by atoms with van der Waals surface area (Å²) >= 11 is 0. The Labute approximate surface area is 129 Å². The summed E-state index contributed by atoms with van der Waals surface area (Å²) in [6.45, 7) is 2.09. The van der Waals surface area contributed by atoms with Crippen molar-refractivity contribution in [3.63, 3.8) is 0 Å². The molecule has 22 heavy (non-hydrogen) atoms. The van der Waals surface area contributed by atoms with Gasteiger partial charge in [-0.25, -0.2) is 11.0 Å². The zero-order valence-electron chi connectivity index (χ0n) is 12.9. The second-order valence-electron chi connectivity index (χ2n) is 5.38. The van der Waals surface area contributed by atoms with Crippen molar-refractivity contribution in [2.24, 2.45) is 5.41 Å². The number of hydrogen-bond acceptors (Lipinski definition) is 5. The number of carboxylic acid groups (broad SMARTS) is 1. The molecule has 0 saturated carbocycles. The average molecular weight is 318 g/mol. The molecular weight excluding hydrogens is 292 g/mol. The molecule has 0 aliphatic heterocycles. The first-order chi connectivity index (χ1) is 10.4. The molecule has 0 rings (SSSR count). The summed E-state index contributed by atoms with van der Waals surface area (Å²) in [5.74, 6) is -3.17. The summed E-state index contributed by atoms with van der Waals surface area (Å²) < 4.78 is 0. The number of amides is 2. The van der Waals surface area contributed by atoms with E-state index in [0.29, 0.717) is 6.42 Å². The zero-order chi connectivity index (χ0) is 17.0. The van der Waals surface area contributed by atoms with Crippen LogP contribution in [0.25, 0.3) is 0 Å². The quantitative estimate of drug-likeness (QED) is 0.160. The maximum atomic E-state index is 11.9. The van der Waals surface area contributed by atoms with Gasteiger partial charge in [0.15, 0.2) is 0 Å². The standard InChI is InChI=1S/C14H26N2O6/c1-2-3-4-5-6-7-9-14(12(19)15-21,13(20)16-22)10-8-11(17)18/h21-22H,2-10H2,1H3,(H,15,19)(H,16,20)(H,17,18). The monoisotopic (exact) mass is 318 g/mol. The predicted octanol–water partition coefficient (Wildman–Crippen LogP) is 1.60. The fourth-order valence-electron chi connectivity index (χ4n) is 2.42. The highest BCUT2D eigenvalue weighted by Crippen LogP contribution is 2.32. The number of unbranched alkanes of at least 4 members (excludes halogenated alkanes) is 5. The number of hydroxylamine groups is 2. The van der Waals surface area contributed by atoms with Gasteiger partial charge in [-0.05, 0) is 12.8 Å². The zero-order valence-corrected chi connectivity index (χ0v) is 12.9. The predicted molar refractivity (Wildman–Crippen MR) is 77.2 cm³/mol. The lowest BCUT2D eigenvalue weighted by atomic mass is 9.76. The fraction of sp³-hybridized carbons (Fsp3) is 0.786. The minimum absolute atomic E-state index is 0.0607. The molecule has 0 aromatic rings. The molecule has 0 aliphatic rings. The van der Waals surface area contributed by atoms with Crippen LogP contribution in [-0.4, -0.2) is 33.3 Å². The number of carbonyl (C=O) groups is 3. The Morgan fingerprint density at radius 1 is 0.864 bits per heavy atom. The average Bonchev–Trinajstić information content (AvgIpc) is 2.52. The topological polar surface area (TPSA) is 136 Å². The number of carbonyl (C=O) groups excluding carboxylic acids is 2. The molecule has 0 spiro atoms. The normalized spacial score (nSPS) is 11.0. The molecule has 0 radical (unpaired) electrons. The molecule has 0 atom stereocenters. The minimum atomic E-state index is -1.79. The van der Waals surface area contributed by atoms with E-state index in [1.165, 1.54) is 11.0 Å².